The number of hydrogen-bond donors (Lipinski definition) is 1. The van der Waals surface area contributed by atoms with Crippen molar-refractivity contribution in [1.82, 2.24) is 9.88 Å². The van der Waals surface area contributed by atoms with Gasteiger partial charge in [-0.1, -0.05) is 13.0 Å². The Balaban J connectivity index is 1.81. The summed E-state index contributed by atoms with van der Waals surface area (Å²) in [6.07, 6.45) is 5.22. The molecule has 4 heteroatoms. The smallest absolute Gasteiger partial charge is 0.126 e. The fourth-order valence-corrected chi connectivity index (χ4v) is 2.56. The van der Waals surface area contributed by atoms with Gasteiger partial charge in [-0.05, 0) is 44.9 Å². The lowest BCUT2D eigenvalue weighted by atomic mass is 10.1. The first-order valence-corrected chi connectivity index (χ1v) is 7.78. The van der Waals surface area contributed by atoms with Crippen molar-refractivity contribution in [2.75, 3.05) is 32.1 Å². The standard InChI is InChI=1S/C16H27N3O/c1-3-10-17-16-9-6-7-14(18-16)12-19(2)13-15-8-4-5-11-20-15/h6-7,9,15H,3-5,8,10-13H2,1-2H3,(H,17,18). The van der Waals surface area contributed by atoms with Gasteiger partial charge < -0.3 is 10.1 Å². The van der Waals surface area contributed by atoms with Crippen LogP contribution >= 0.6 is 0 Å². The van der Waals surface area contributed by atoms with Crippen LogP contribution in [0.5, 0.6) is 0 Å². The molecule has 1 atom stereocenters. The molecule has 1 N–H and O–H groups in total. The first-order chi connectivity index (χ1) is 9.78. The average molecular weight is 277 g/mol. The molecule has 4 nitrogen and oxygen atoms in total. The largest absolute Gasteiger partial charge is 0.377 e. The van der Waals surface area contributed by atoms with Crippen molar-refractivity contribution in [2.24, 2.45) is 0 Å². The summed E-state index contributed by atoms with van der Waals surface area (Å²) in [7, 11) is 2.14. The minimum atomic E-state index is 0.398. The summed E-state index contributed by atoms with van der Waals surface area (Å²) < 4.78 is 5.79. The summed E-state index contributed by atoms with van der Waals surface area (Å²) in [5.41, 5.74) is 1.12. The highest BCUT2D eigenvalue weighted by Crippen LogP contribution is 2.14. The summed E-state index contributed by atoms with van der Waals surface area (Å²) in [5.74, 6) is 0.978. The van der Waals surface area contributed by atoms with Gasteiger partial charge in [0.05, 0.1) is 11.8 Å². The van der Waals surface area contributed by atoms with Crippen molar-refractivity contribution >= 4 is 5.82 Å². The summed E-state index contributed by atoms with van der Waals surface area (Å²) in [5, 5.41) is 3.34. The molecule has 0 radical (unpaired) electrons. The Kier molecular flexibility index (Phi) is 6.27. The van der Waals surface area contributed by atoms with Crippen LogP contribution in [0.1, 0.15) is 38.3 Å². The molecule has 1 unspecified atom stereocenters. The van der Waals surface area contributed by atoms with E-state index in [-0.39, 0.29) is 0 Å². The van der Waals surface area contributed by atoms with Crippen LogP contribution in [0.2, 0.25) is 0 Å². The van der Waals surface area contributed by atoms with E-state index in [4.69, 9.17) is 4.74 Å². The van der Waals surface area contributed by atoms with Crippen LogP contribution in [0.4, 0.5) is 5.82 Å². The van der Waals surface area contributed by atoms with Crippen molar-refractivity contribution in [3.05, 3.63) is 23.9 Å². The van der Waals surface area contributed by atoms with Crippen LogP contribution in [-0.2, 0) is 11.3 Å². The molecule has 0 aromatic carbocycles. The van der Waals surface area contributed by atoms with Crippen molar-refractivity contribution in [1.29, 1.82) is 0 Å². The second-order valence-electron chi connectivity index (χ2n) is 5.63. The van der Waals surface area contributed by atoms with Crippen LogP contribution in [0.15, 0.2) is 18.2 Å². The van der Waals surface area contributed by atoms with Gasteiger partial charge in [-0.25, -0.2) is 4.98 Å². The second kappa shape index (κ2) is 8.22. The zero-order chi connectivity index (χ0) is 14.2. The van der Waals surface area contributed by atoms with Crippen molar-refractivity contribution < 1.29 is 4.74 Å². The van der Waals surface area contributed by atoms with Crippen LogP contribution in [0.25, 0.3) is 0 Å². The number of nitrogens with zero attached hydrogens (tertiary/aromatic N) is 2. The van der Waals surface area contributed by atoms with E-state index in [9.17, 15) is 0 Å². The number of pyridine rings is 1. The minimum absolute atomic E-state index is 0.398. The van der Waals surface area contributed by atoms with E-state index in [1.54, 1.807) is 0 Å². The Morgan fingerprint density at radius 3 is 3.05 bits per heavy atom. The SMILES string of the molecule is CCCNc1cccc(CN(C)CC2CCCCO2)n1. The zero-order valence-corrected chi connectivity index (χ0v) is 12.8. The van der Waals surface area contributed by atoms with Crippen LogP contribution in [0.3, 0.4) is 0 Å². The van der Waals surface area contributed by atoms with Gasteiger partial charge in [0.15, 0.2) is 0 Å². The quantitative estimate of drug-likeness (QED) is 0.831. The molecule has 20 heavy (non-hydrogen) atoms. The Labute approximate surface area is 122 Å². The molecule has 1 fully saturated rings. The van der Waals surface area contributed by atoms with E-state index in [2.05, 4.69) is 41.3 Å². The van der Waals surface area contributed by atoms with E-state index in [1.165, 1.54) is 19.3 Å². The summed E-state index contributed by atoms with van der Waals surface area (Å²) in [6.45, 7) is 5.93. The van der Waals surface area contributed by atoms with E-state index in [1.807, 2.05) is 6.07 Å². The highest BCUT2D eigenvalue weighted by atomic mass is 16.5. The van der Waals surface area contributed by atoms with E-state index < -0.39 is 0 Å². The molecule has 2 rings (SSSR count). The predicted octanol–water partition coefficient (Wildman–Crippen LogP) is 2.90. The zero-order valence-electron chi connectivity index (χ0n) is 12.8. The van der Waals surface area contributed by atoms with Gasteiger partial charge in [0.25, 0.3) is 0 Å². The molecule has 1 aliphatic heterocycles. The molecule has 0 spiro atoms. The summed E-state index contributed by atoms with van der Waals surface area (Å²) in [4.78, 5) is 6.96. The number of nitrogens with one attached hydrogen (secondary N) is 1. The second-order valence-corrected chi connectivity index (χ2v) is 5.63. The summed E-state index contributed by atoms with van der Waals surface area (Å²) >= 11 is 0. The molecule has 1 aromatic heterocycles. The molecule has 112 valence electrons. The normalized spacial score (nSPS) is 19.2. The monoisotopic (exact) mass is 277 g/mol. The van der Waals surface area contributed by atoms with E-state index >= 15 is 0 Å². The lowest BCUT2D eigenvalue weighted by Crippen LogP contribution is -2.33. The number of aromatic nitrogens is 1. The number of hydrogen-bond acceptors (Lipinski definition) is 4. The number of rotatable bonds is 7. The lowest BCUT2D eigenvalue weighted by molar-refractivity contribution is -0.00273. The van der Waals surface area contributed by atoms with Gasteiger partial charge in [-0.2, -0.15) is 0 Å². The van der Waals surface area contributed by atoms with Crippen molar-refractivity contribution in [3.63, 3.8) is 0 Å². The van der Waals surface area contributed by atoms with Gasteiger partial charge >= 0.3 is 0 Å². The molecule has 1 aromatic rings. The Morgan fingerprint density at radius 1 is 1.40 bits per heavy atom. The topological polar surface area (TPSA) is 37.4 Å². The Bertz CT molecular complexity index is 391. The van der Waals surface area contributed by atoms with Gasteiger partial charge in [0, 0.05) is 26.2 Å². The molecule has 1 aliphatic rings. The van der Waals surface area contributed by atoms with Crippen molar-refractivity contribution in [2.45, 2.75) is 45.3 Å². The molecular weight excluding hydrogens is 250 g/mol. The molecule has 1 saturated heterocycles. The first kappa shape index (κ1) is 15.3. The Hall–Kier alpha value is -1.13. The van der Waals surface area contributed by atoms with Crippen LogP contribution in [-0.4, -0.2) is 42.7 Å². The third-order valence-corrected chi connectivity index (χ3v) is 3.58. The molecule has 0 aliphatic carbocycles. The number of ether oxygens (including phenoxy) is 1. The third kappa shape index (κ3) is 5.10. The van der Waals surface area contributed by atoms with Crippen LogP contribution in [0, 0.1) is 0 Å². The fraction of sp³-hybridized carbons (Fsp3) is 0.688. The number of likely N-dealkylation sites (N-methyl/N-ethyl adjacent to an activating group) is 1. The maximum atomic E-state index is 5.79. The molecule has 0 saturated carbocycles. The summed E-state index contributed by atoms with van der Waals surface area (Å²) in [6, 6.07) is 6.20. The number of anilines is 1. The lowest BCUT2D eigenvalue weighted by Gasteiger charge is -2.27. The van der Waals surface area contributed by atoms with Gasteiger partial charge in [0.1, 0.15) is 5.82 Å². The maximum absolute atomic E-state index is 5.79. The highest BCUT2D eigenvalue weighted by Gasteiger charge is 2.16. The van der Waals surface area contributed by atoms with E-state index in [0.717, 1.165) is 44.2 Å². The highest BCUT2D eigenvalue weighted by molar-refractivity contribution is 5.35. The fourth-order valence-electron chi connectivity index (χ4n) is 2.56. The molecule has 0 bridgehead atoms. The van der Waals surface area contributed by atoms with Gasteiger partial charge in [0.2, 0.25) is 0 Å². The first-order valence-electron chi connectivity index (χ1n) is 7.78. The van der Waals surface area contributed by atoms with Crippen molar-refractivity contribution in [3.8, 4) is 0 Å². The van der Waals surface area contributed by atoms with Gasteiger partial charge in [-0.3, -0.25) is 4.90 Å². The maximum Gasteiger partial charge on any atom is 0.126 e. The van der Waals surface area contributed by atoms with E-state index in [0.29, 0.717) is 6.10 Å². The average Bonchev–Trinajstić information content (AvgIpc) is 2.46. The molecule has 2 heterocycles. The Morgan fingerprint density at radius 2 is 2.30 bits per heavy atom. The molecular formula is C16H27N3O. The predicted molar refractivity (Wildman–Crippen MR) is 82.9 cm³/mol. The van der Waals surface area contributed by atoms with Gasteiger partial charge in [-0.15, -0.1) is 0 Å². The minimum Gasteiger partial charge on any atom is -0.377 e. The van der Waals surface area contributed by atoms with Crippen LogP contribution < -0.4 is 5.32 Å². The molecule has 0 amide bonds. The third-order valence-electron chi connectivity index (χ3n) is 3.58.